The Hall–Kier alpha value is -1.28. The van der Waals surface area contributed by atoms with Crippen LogP contribution in [0.3, 0.4) is 0 Å². The minimum atomic E-state index is -2.40. The summed E-state index contributed by atoms with van der Waals surface area (Å²) in [5.41, 5.74) is 2.15. The predicted molar refractivity (Wildman–Crippen MR) is 92.6 cm³/mol. The monoisotopic (exact) mass is 322 g/mol. The van der Waals surface area contributed by atoms with Crippen molar-refractivity contribution >= 4 is 12.4 Å². The molecule has 0 atom stereocenters. The van der Waals surface area contributed by atoms with Gasteiger partial charge in [0.25, 0.3) is 0 Å². The Bertz CT molecular complexity index is 690. The van der Waals surface area contributed by atoms with Crippen LogP contribution >= 0.6 is 7.14 Å². The lowest BCUT2D eigenvalue weighted by atomic mass is 10.2. The van der Waals surface area contributed by atoms with Gasteiger partial charge in [-0.3, -0.25) is 0 Å². The lowest BCUT2D eigenvalue weighted by molar-refractivity contribution is 0.507. The molecule has 0 aliphatic carbocycles. The quantitative estimate of drug-likeness (QED) is 0.739. The van der Waals surface area contributed by atoms with Crippen LogP contribution in [0, 0.1) is 19.8 Å². The summed E-state index contributed by atoms with van der Waals surface area (Å²) in [7, 11) is -2.40. The van der Waals surface area contributed by atoms with Crippen molar-refractivity contribution in [1.29, 1.82) is 0 Å². The molecular formula is C17H27N2O2P. The van der Waals surface area contributed by atoms with Crippen molar-refractivity contribution < 1.29 is 8.98 Å². The number of aromatic nitrogens is 2. The molecule has 0 unspecified atom stereocenters. The summed E-state index contributed by atoms with van der Waals surface area (Å²) in [6, 6.07) is 1.86. The average molecular weight is 322 g/mol. The van der Waals surface area contributed by atoms with E-state index in [9.17, 15) is 4.57 Å². The van der Waals surface area contributed by atoms with Gasteiger partial charge in [-0.25, -0.2) is 4.98 Å². The number of nitrogens with zero attached hydrogens (tertiary/aromatic N) is 2. The molecule has 2 heterocycles. The Morgan fingerprint density at radius 1 is 1.27 bits per heavy atom. The minimum Gasteiger partial charge on any atom is -0.460 e. The first-order valence-corrected chi connectivity index (χ1v) is 10.1. The summed E-state index contributed by atoms with van der Waals surface area (Å²) in [6.45, 7) is 13.3. The van der Waals surface area contributed by atoms with Gasteiger partial charge in [0.15, 0.2) is 11.6 Å². The van der Waals surface area contributed by atoms with Crippen LogP contribution in [-0.2, 0) is 11.1 Å². The van der Waals surface area contributed by atoms with Crippen molar-refractivity contribution in [3.63, 3.8) is 0 Å². The van der Waals surface area contributed by atoms with Gasteiger partial charge in [0.05, 0.1) is 17.3 Å². The number of rotatable bonds is 6. The SMILES string of the molecule is CCP(=O)(CC)c1ccoc1-c1nc(C)c(C)n1CC(C)C. The second kappa shape index (κ2) is 6.45. The van der Waals surface area contributed by atoms with E-state index in [4.69, 9.17) is 9.40 Å². The van der Waals surface area contributed by atoms with Gasteiger partial charge in [-0.15, -0.1) is 0 Å². The molecule has 2 aromatic heterocycles. The topological polar surface area (TPSA) is 48.0 Å². The zero-order valence-electron chi connectivity index (χ0n) is 14.5. The van der Waals surface area contributed by atoms with Gasteiger partial charge in [0, 0.05) is 24.6 Å². The molecule has 0 saturated carbocycles. The van der Waals surface area contributed by atoms with E-state index in [1.165, 1.54) is 0 Å². The molecule has 5 heteroatoms. The second-order valence-electron chi connectivity index (χ2n) is 6.27. The van der Waals surface area contributed by atoms with Crippen LogP contribution in [0.25, 0.3) is 11.6 Å². The third kappa shape index (κ3) is 2.94. The van der Waals surface area contributed by atoms with E-state index < -0.39 is 7.14 Å². The Morgan fingerprint density at radius 3 is 2.45 bits per heavy atom. The Kier molecular flexibility index (Phi) is 5.01. The van der Waals surface area contributed by atoms with Gasteiger partial charge >= 0.3 is 0 Å². The van der Waals surface area contributed by atoms with Crippen LogP contribution in [0.5, 0.6) is 0 Å². The molecule has 0 aliphatic rings. The van der Waals surface area contributed by atoms with E-state index >= 15 is 0 Å². The van der Waals surface area contributed by atoms with Gasteiger partial charge in [0.1, 0.15) is 7.14 Å². The highest BCUT2D eigenvalue weighted by atomic mass is 31.2. The van der Waals surface area contributed by atoms with Gasteiger partial charge in [0.2, 0.25) is 0 Å². The summed E-state index contributed by atoms with van der Waals surface area (Å²) >= 11 is 0. The molecule has 0 spiro atoms. The van der Waals surface area contributed by atoms with Crippen molar-refractivity contribution in [2.24, 2.45) is 5.92 Å². The zero-order valence-corrected chi connectivity index (χ0v) is 15.4. The average Bonchev–Trinajstić information content (AvgIpc) is 3.07. The standard InChI is InChI=1S/C17H27N2O2P/c1-7-22(20,8-2)15-9-10-21-16(15)17-18-13(5)14(6)19(17)11-12(3)4/h9-10,12H,7-8,11H2,1-6H3. The molecule has 0 saturated heterocycles. The van der Waals surface area contributed by atoms with E-state index in [2.05, 4.69) is 25.3 Å². The molecule has 0 bridgehead atoms. The van der Waals surface area contributed by atoms with Gasteiger partial charge in [-0.05, 0) is 25.8 Å². The first-order valence-electron chi connectivity index (χ1n) is 8.04. The molecule has 0 radical (unpaired) electrons. The van der Waals surface area contributed by atoms with Gasteiger partial charge in [-0.2, -0.15) is 0 Å². The van der Waals surface area contributed by atoms with E-state index in [0.29, 0.717) is 24.0 Å². The fraction of sp³-hybridized carbons (Fsp3) is 0.588. The van der Waals surface area contributed by atoms with Gasteiger partial charge in [-0.1, -0.05) is 27.7 Å². The van der Waals surface area contributed by atoms with Gasteiger partial charge < -0.3 is 13.5 Å². The Labute approximate surface area is 133 Å². The van der Waals surface area contributed by atoms with Crippen LogP contribution in [0.1, 0.15) is 39.1 Å². The maximum Gasteiger partial charge on any atom is 0.180 e. The highest BCUT2D eigenvalue weighted by Gasteiger charge is 2.29. The lowest BCUT2D eigenvalue weighted by Gasteiger charge is -2.16. The Balaban J connectivity index is 2.62. The summed E-state index contributed by atoms with van der Waals surface area (Å²) in [5.74, 6) is 2.00. The summed E-state index contributed by atoms with van der Waals surface area (Å²) in [5, 5.41) is 0.840. The summed E-state index contributed by atoms with van der Waals surface area (Å²) in [6.07, 6.45) is 2.94. The second-order valence-corrected chi connectivity index (χ2v) is 9.79. The highest BCUT2D eigenvalue weighted by Crippen LogP contribution is 2.46. The first-order chi connectivity index (χ1) is 10.3. The number of furan rings is 1. The molecule has 0 amide bonds. The number of hydrogen-bond acceptors (Lipinski definition) is 3. The maximum atomic E-state index is 13.1. The minimum absolute atomic E-state index is 0.508. The number of hydrogen-bond donors (Lipinski definition) is 0. The fourth-order valence-electron chi connectivity index (χ4n) is 2.77. The lowest BCUT2D eigenvalue weighted by Crippen LogP contribution is -2.13. The van der Waals surface area contributed by atoms with Crippen LogP contribution in [0.2, 0.25) is 0 Å². The molecule has 0 fully saturated rings. The van der Waals surface area contributed by atoms with Crippen molar-refractivity contribution in [2.45, 2.75) is 48.1 Å². The molecule has 0 N–H and O–H groups in total. The molecule has 2 aromatic rings. The van der Waals surface area contributed by atoms with Crippen LogP contribution < -0.4 is 5.30 Å². The smallest absolute Gasteiger partial charge is 0.180 e. The predicted octanol–water partition coefficient (Wildman–Crippen LogP) is 4.44. The third-order valence-corrected chi connectivity index (χ3v) is 7.59. The van der Waals surface area contributed by atoms with Crippen LogP contribution in [-0.4, -0.2) is 21.9 Å². The fourth-order valence-corrected chi connectivity index (χ4v) is 4.76. The Morgan fingerprint density at radius 2 is 1.91 bits per heavy atom. The van der Waals surface area contributed by atoms with E-state index in [1.54, 1.807) is 6.26 Å². The third-order valence-electron chi connectivity index (χ3n) is 4.31. The molecule has 22 heavy (non-hydrogen) atoms. The first kappa shape index (κ1) is 17.1. The maximum absolute atomic E-state index is 13.1. The van der Waals surface area contributed by atoms with Crippen molar-refractivity contribution in [3.05, 3.63) is 23.7 Å². The number of aryl methyl sites for hydroxylation is 1. The van der Waals surface area contributed by atoms with E-state index in [0.717, 1.165) is 29.1 Å². The van der Waals surface area contributed by atoms with Crippen molar-refractivity contribution in [1.82, 2.24) is 9.55 Å². The van der Waals surface area contributed by atoms with E-state index in [1.807, 2.05) is 26.8 Å². The van der Waals surface area contributed by atoms with E-state index in [-0.39, 0.29) is 0 Å². The molecule has 122 valence electrons. The largest absolute Gasteiger partial charge is 0.460 e. The molecule has 0 aromatic carbocycles. The molecular weight excluding hydrogens is 295 g/mol. The summed E-state index contributed by atoms with van der Waals surface area (Å²) in [4.78, 5) is 4.70. The zero-order chi connectivity index (χ0) is 16.5. The normalized spacial score (nSPS) is 12.3. The number of imidazole rings is 1. The van der Waals surface area contributed by atoms with Crippen molar-refractivity contribution in [2.75, 3.05) is 12.3 Å². The molecule has 2 rings (SSSR count). The molecule has 0 aliphatic heterocycles. The van der Waals surface area contributed by atoms with Crippen LogP contribution in [0.15, 0.2) is 16.7 Å². The molecule has 4 nitrogen and oxygen atoms in total. The van der Waals surface area contributed by atoms with Crippen LogP contribution in [0.4, 0.5) is 0 Å². The summed E-state index contributed by atoms with van der Waals surface area (Å²) < 4.78 is 21.1. The van der Waals surface area contributed by atoms with Crippen molar-refractivity contribution in [3.8, 4) is 11.6 Å². The highest BCUT2D eigenvalue weighted by molar-refractivity contribution is 7.71.